The maximum atomic E-state index is 5.54. The van der Waals surface area contributed by atoms with Gasteiger partial charge in [0.15, 0.2) is 0 Å². The van der Waals surface area contributed by atoms with E-state index in [9.17, 15) is 0 Å². The first-order valence-electron chi connectivity index (χ1n) is 7.46. The SMILES string of the molecule is CCc1nn(CC2CCCN2)c2c1ccc1occc12.Cl. The Kier molecular flexibility index (Phi) is 3.91. The van der Waals surface area contributed by atoms with Crippen LogP contribution >= 0.6 is 12.4 Å². The van der Waals surface area contributed by atoms with Crippen molar-refractivity contribution in [2.75, 3.05) is 6.54 Å². The Morgan fingerprint density at radius 2 is 2.24 bits per heavy atom. The van der Waals surface area contributed by atoms with Crippen LogP contribution < -0.4 is 5.32 Å². The van der Waals surface area contributed by atoms with Gasteiger partial charge >= 0.3 is 0 Å². The Hall–Kier alpha value is -1.52. The fourth-order valence-electron chi connectivity index (χ4n) is 3.30. The van der Waals surface area contributed by atoms with Crippen LogP contribution in [0.3, 0.4) is 0 Å². The molecule has 1 N–H and O–H groups in total. The van der Waals surface area contributed by atoms with Gasteiger partial charge in [0.25, 0.3) is 0 Å². The van der Waals surface area contributed by atoms with E-state index in [1.807, 2.05) is 0 Å². The molecule has 3 aromatic rings. The van der Waals surface area contributed by atoms with Gasteiger partial charge in [-0.25, -0.2) is 0 Å². The van der Waals surface area contributed by atoms with Crippen molar-refractivity contribution >= 4 is 34.3 Å². The van der Waals surface area contributed by atoms with Crippen molar-refractivity contribution in [3.05, 3.63) is 30.2 Å². The monoisotopic (exact) mass is 305 g/mol. The van der Waals surface area contributed by atoms with Gasteiger partial charge < -0.3 is 9.73 Å². The number of nitrogens with one attached hydrogen (secondary N) is 1. The van der Waals surface area contributed by atoms with Crippen LogP contribution in [0.15, 0.2) is 28.9 Å². The van der Waals surface area contributed by atoms with Crippen LogP contribution in [0.4, 0.5) is 0 Å². The summed E-state index contributed by atoms with van der Waals surface area (Å²) in [5.41, 5.74) is 3.35. The predicted octanol–water partition coefficient (Wildman–Crippen LogP) is 3.52. The maximum Gasteiger partial charge on any atom is 0.136 e. The zero-order chi connectivity index (χ0) is 13.5. The Balaban J connectivity index is 0.00000132. The number of nitrogens with zero attached hydrogens (tertiary/aromatic N) is 2. The molecule has 1 aliphatic heterocycles. The van der Waals surface area contributed by atoms with Crippen molar-refractivity contribution in [1.82, 2.24) is 15.1 Å². The molecule has 1 aliphatic rings. The van der Waals surface area contributed by atoms with Gasteiger partial charge in [-0.3, -0.25) is 4.68 Å². The molecule has 3 heterocycles. The second-order valence-electron chi connectivity index (χ2n) is 5.57. The number of fused-ring (bicyclic) bond motifs is 3. The van der Waals surface area contributed by atoms with Crippen molar-refractivity contribution in [2.45, 2.75) is 38.8 Å². The second-order valence-corrected chi connectivity index (χ2v) is 5.57. The van der Waals surface area contributed by atoms with E-state index in [0.29, 0.717) is 6.04 Å². The number of halogens is 1. The molecule has 4 nitrogen and oxygen atoms in total. The average Bonchev–Trinajstić information content (AvgIpc) is 3.17. The average molecular weight is 306 g/mol. The van der Waals surface area contributed by atoms with Crippen molar-refractivity contribution < 1.29 is 4.42 Å². The molecular weight excluding hydrogens is 286 g/mol. The van der Waals surface area contributed by atoms with Gasteiger partial charge in [0, 0.05) is 16.8 Å². The minimum Gasteiger partial charge on any atom is -0.464 e. The molecule has 1 unspecified atom stereocenters. The van der Waals surface area contributed by atoms with E-state index < -0.39 is 0 Å². The molecule has 0 saturated carbocycles. The standard InChI is InChI=1S/C16H19N3O.ClH/c1-2-14-12-5-6-15-13(7-9-20-15)16(12)19(18-14)10-11-4-3-8-17-11;/h5-7,9,11,17H,2-4,8,10H2,1H3;1H. The molecule has 0 amide bonds. The maximum absolute atomic E-state index is 5.54. The topological polar surface area (TPSA) is 43.0 Å². The zero-order valence-corrected chi connectivity index (χ0v) is 12.9. The molecule has 0 spiro atoms. The van der Waals surface area contributed by atoms with Crippen LogP contribution in [0.25, 0.3) is 21.9 Å². The van der Waals surface area contributed by atoms with E-state index in [1.54, 1.807) is 6.26 Å². The van der Waals surface area contributed by atoms with E-state index in [0.717, 1.165) is 25.1 Å². The third-order valence-electron chi connectivity index (χ3n) is 4.31. The highest BCUT2D eigenvalue weighted by atomic mass is 35.5. The number of hydrogen-bond acceptors (Lipinski definition) is 3. The lowest BCUT2D eigenvalue weighted by atomic mass is 10.1. The minimum atomic E-state index is 0. The van der Waals surface area contributed by atoms with Gasteiger partial charge in [-0.2, -0.15) is 5.10 Å². The van der Waals surface area contributed by atoms with E-state index in [4.69, 9.17) is 9.52 Å². The summed E-state index contributed by atoms with van der Waals surface area (Å²) in [5.74, 6) is 0. The summed E-state index contributed by atoms with van der Waals surface area (Å²) >= 11 is 0. The van der Waals surface area contributed by atoms with Gasteiger partial charge in [0.1, 0.15) is 5.58 Å². The number of furan rings is 1. The Labute approximate surface area is 129 Å². The Morgan fingerprint density at radius 1 is 1.33 bits per heavy atom. The van der Waals surface area contributed by atoms with Gasteiger partial charge in [-0.05, 0) is 44.0 Å². The van der Waals surface area contributed by atoms with Crippen molar-refractivity contribution in [3.8, 4) is 0 Å². The van der Waals surface area contributed by atoms with Gasteiger partial charge in [0.2, 0.25) is 0 Å². The van der Waals surface area contributed by atoms with E-state index >= 15 is 0 Å². The largest absolute Gasteiger partial charge is 0.464 e. The lowest BCUT2D eigenvalue weighted by Crippen LogP contribution is -2.27. The van der Waals surface area contributed by atoms with Crippen LogP contribution in [-0.4, -0.2) is 22.4 Å². The van der Waals surface area contributed by atoms with Gasteiger partial charge in [-0.15, -0.1) is 12.4 Å². The molecule has 2 aromatic heterocycles. The highest BCUT2D eigenvalue weighted by molar-refractivity contribution is 6.04. The molecule has 0 aliphatic carbocycles. The molecule has 4 rings (SSSR count). The van der Waals surface area contributed by atoms with Crippen LogP contribution in [0.1, 0.15) is 25.5 Å². The number of rotatable bonds is 3. The summed E-state index contributed by atoms with van der Waals surface area (Å²) in [6, 6.07) is 6.80. The van der Waals surface area contributed by atoms with Crippen molar-refractivity contribution in [1.29, 1.82) is 0 Å². The Morgan fingerprint density at radius 3 is 3.00 bits per heavy atom. The second kappa shape index (κ2) is 5.70. The van der Waals surface area contributed by atoms with Crippen LogP contribution in [-0.2, 0) is 13.0 Å². The first-order valence-corrected chi connectivity index (χ1v) is 7.46. The third kappa shape index (κ3) is 2.32. The summed E-state index contributed by atoms with van der Waals surface area (Å²) in [6.07, 6.45) is 5.24. The van der Waals surface area contributed by atoms with Gasteiger partial charge in [-0.1, -0.05) is 6.92 Å². The fraction of sp³-hybridized carbons (Fsp3) is 0.438. The fourth-order valence-corrected chi connectivity index (χ4v) is 3.30. The highest BCUT2D eigenvalue weighted by Gasteiger charge is 2.19. The third-order valence-corrected chi connectivity index (χ3v) is 4.31. The van der Waals surface area contributed by atoms with E-state index in [-0.39, 0.29) is 12.4 Å². The summed E-state index contributed by atoms with van der Waals surface area (Å²) in [6.45, 7) is 4.24. The van der Waals surface area contributed by atoms with E-state index in [2.05, 4.69) is 35.1 Å². The number of benzene rings is 1. The highest BCUT2D eigenvalue weighted by Crippen LogP contribution is 2.29. The minimum absolute atomic E-state index is 0. The summed E-state index contributed by atoms with van der Waals surface area (Å²) in [7, 11) is 0. The molecule has 0 radical (unpaired) electrons. The molecule has 112 valence electrons. The van der Waals surface area contributed by atoms with Crippen molar-refractivity contribution in [2.24, 2.45) is 0 Å². The summed E-state index contributed by atoms with van der Waals surface area (Å²) in [5, 5.41) is 10.8. The molecular formula is C16H20ClN3O. The number of aromatic nitrogens is 2. The summed E-state index contributed by atoms with van der Waals surface area (Å²) in [4.78, 5) is 0. The van der Waals surface area contributed by atoms with E-state index in [1.165, 1.54) is 34.8 Å². The van der Waals surface area contributed by atoms with Crippen LogP contribution in [0.2, 0.25) is 0 Å². The first-order chi connectivity index (χ1) is 9.86. The molecule has 5 heteroatoms. The van der Waals surface area contributed by atoms with Crippen molar-refractivity contribution in [3.63, 3.8) is 0 Å². The lowest BCUT2D eigenvalue weighted by molar-refractivity contribution is 0.484. The first kappa shape index (κ1) is 14.4. The van der Waals surface area contributed by atoms with Gasteiger partial charge in [0.05, 0.1) is 24.0 Å². The lowest BCUT2D eigenvalue weighted by Gasteiger charge is -2.11. The zero-order valence-electron chi connectivity index (χ0n) is 12.1. The predicted molar refractivity (Wildman–Crippen MR) is 87.2 cm³/mol. The molecule has 1 saturated heterocycles. The smallest absolute Gasteiger partial charge is 0.136 e. The number of aryl methyl sites for hydroxylation is 1. The van der Waals surface area contributed by atoms with Crippen LogP contribution in [0.5, 0.6) is 0 Å². The summed E-state index contributed by atoms with van der Waals surface area (Å²) < 4.78 is 7.71. The molecule has 1 atom stereocenters. The van der Waals surface area contributed by atoms with Crippen LogP contribution in [0, 0.1) is 0 Å². The number of hydrogen-bond donors (Lipinski definition) is 1. The normalized spacial score (nSPS) is 18.4. The Bertz CT molecular complexity index is 755. The molecule has 0 bridgehead atoms. The quantitative estimate of drug-likeness (QED) is 0.805. The molecule has 1 aromatic carbocycles. The molecule has 21 heavy (non-hydrogen) atoms. The molecule has 1 fully saturated rings.